The minimum atomic E-state index is -0.288. The molecule has 0 radical (unpaired) electrons. The van der Waals surface area contributed by atoms with Crippen molar-refractivity contribution in [2.24, 2.45) is 5.92 Å². The number of hydrogen-bond donors (Lipinski definition) is 4. The molecule has 0 aromatic heterocycles. The standard InChI is InChI=1S/C18H27ClN4O2/c1-12(2)11-20-17(24)22-15-8-3-4-9-16(15)23-18(25)21-14-7-5-6-13(19)10-14/h5-7,10,12,15-16H,3-4,8-9,11H2,1-2H3,(H2,20,22,24)(H2,21,23,25). The van der Waals surface area contributed by atoms with E-state index in [0.29, 0.717) is 23.2 Å². The summed E-state index contributed by atoms with van der Waals surface area (Å²) < 4.78 is 0. The van der Waals surface area contributed by atoms with Crippen molar-refractivity contribution in [3.8, 4) is 0 Å². The Morgan fingerprint density at radius 2 is 1.76 bits per heavy atom. The molecule has 1 aromatic carbocycles. The van der Waals surface area contributed by atoms with Gasteiger partial charge in [-0.1, -0.05) is 44.4 Å². The fourth-order valence-electron chi connectivity index (χ4n) is 2.89. The Kier molecular flexibility index (Phi) is 7.37. The largest absolute Gasteiger partial charge is 0.338 e. The summed E-state index contributed by atoms with van der Waals surface area (Å²) in [5.41, 5.74) is 0.639. The van der Waals surface area contributed by atoms with Gasteiger partial charge in [-0.25, -0.2) is 9.59 Å². The van der Waals surface area contributed by atoms with Crippen LogP contribution in [0.1, 0.15) is 39.5 Å². The van der Waals surface area contributed by atoms with E-state index < -0.39 is 0 Å². The lowest BCUT2D eigenvalue weighted by Gasteiger charge is -2.32. The van der Waals surface area contributed by atoms with E-state index in [4.69, 9.17) is 11.6 Å². The summed E-state index contributed by atoms with van der Waals surface area (Å²) in [5.74, 6) is 0.398. The van der Waals surface area contributed by atoms with E-state index in [1.165, 1.54) is 0 Å². The number of carbonyl (C=O) groups excluding carboxylic acids is 2. The summed E-state index contributed by atoms with van der Waals surface area (Å²) in [6.07, 6.45) is 3.78. The Morgan fingerprint density at radius 3 is 2.36 bits per heavy atom. The van der Waals surface area contributed by atoms with Crippen molar-refractivity contribution in [1.29, 1.82) is 0 Å². The molecule has 4 amide bonds. The van der Waals surface area contributed by atoms with E-state index in [1.807, 2.05) is 13.8 Å². The van der Waals surface area contributed by atoms with Crippen LogP contribution in [0, 0.1) is 5.92 Å². The van der Waals surface area contributed by atoms with Crippen LogP contribution >= 0.6 is 11.6 Å². The topological polar surface area (TPSA) is 82.3 Å². The zero-order valence-electron chi connectivity index (χ0n) is 14.8. The van der Waals surface area contributed by atoms with E-state index >= 15 is 0 Å². The van der Waals surface area contributed by atoms with Gasteiger partial charge in [0.1, 0.15) is 0 Å². The molecule has 1 aliphatic rings. The number of amides is 4. The first-order chi connectivity index (χ1) is 11.9. The van der Waals surface area contributed by atoms with E-state index in [0.717, 1.165) is 25.7 Å². The molecule has 25 heavy (non-hydrogen) atoms. The Labute approximate surface area is 154 Å². The third-order valence-electron chi connectivity index (χ3n) is 4.15. The summed E-state index contributed by atoms with van der Waals surface area (Å²) in [7, 11) is 0. The second kappa shape index (κ2) is 9.51. The number of hydrogen-bond acceptors (Lipinski definition) is 2. The van der Waals surface area contributed by atoms with E-state index in [2.05, 4.69) is 21.3 Å². The Morgan fingerprint density at radius 1 is 1.12 bits per heavy atom. The highest BCUT2D eigenvalue weighted by molar-refractivity contribution is 6.30. The predicted octanol–water partition coefficient (Wildman–Crippen LogP) is 3.73. The second-order valence-corrected chi connectivity index (χ2v) is 7.29. The van der Waals surface area contributed by atoms with Crippen LogP contribution in [0.25, 0.3) is 0 Å². The van der Waals surface area contributed by atoms with Gasteiger partial charge in [0.2, 0.25) is 0 Å². The molecule has 1 fully saturated rings. The number of halogens is 1. The monoisotopic (exact) mass is 366 g/mol. The van der Waals surface area contributed by atoms with Gasteiger partial charge >= 0.3 is 12.1 Å². The SMILES string of the molecule is CC(C)CNC(=O)NC1CCCCC1NC(=O)Nc1cccc(Cl)c1. The quantitative estimate of drug-likeness (QED) is 0.640. The van der Waals surface area contributed by atoms with Gasteiger partial charge in [0.05, 0.1) is 12.1 Å². The van der Waals surface area contributed by atoms with Crippen molar-refractivity contribution >= 4 is 29.4 Å². The number of nitrogens with one attached hydrogen (secondary N) is 4. The highest BCUT2D eigenvalue weighted by Gasteiger charge is 2.27. The molecular formula is C18H27ClN4O2. The smallest absolute Gasteiger partial charge is 0.319 e. The van der Waals surface area contributed by atoms with Crippen LogP contribution in [0.3, 0.4) is 0 Å². The summed E-state index contributed by atoms with van der Waals surface area (Å²) in [4.78, 5) is 24.3. The summed E-state index contributed by atoms with van der Waals surface area (Å²) >= 11 is 5.93. The number of benzene rings is 1. The molecule has 0 bridgehead atoms. The molecule has 2 atom stereocenters. The van der Waals surface area contributed by atoms with Gasteiger partial charge in [0, 0.05) is 17.3 Å². The van der Waals surface area contributed by atoms with Crippen LogP contribution in [0.5, 0.6) is 0 Å². The molecule has 1 saturated carbocycles. The van der Waals surface area contributed by atoms with Gasteiger partial charge < -0.3 is 21.3 Å². The highest BCUT2D eigenvalue weighted by Crippen LogP contribution is 2.19. The van der Waals surface area contributed by atoms with E-state index in [1.54, 1.807) is 24.3 Å². The lowest BCUT2D eigenvalue weighted by molar-refractivity contribution is 0.217. The molecular weight excluding hydrogens is 340 g/mol. The zero-order valence-corrected chi connectivity index (χ0v) is 15.5. The van der Waals surface area contributed by atoms with Gasteiger partial charge in [0.15, 0.2) is 0 Å². The zero-order chi connectivity index (χ0) is 18.2. The average Bonchev–Trinajstić information content (AvgIpc) is 2.55. The first kappa shape index (κ1) is 19.4. The van der Waals surface area contributed by atoms with Crippen LogP contribution in [0.2, 0.25) is 5.02 Å². The van der Waals surface area contributed by atoms with Gasteiger partial charge in [-0.15, -0.1) is 0 Å². The Bertz CT molecular complexity index is 594. The fourth-order valence-corrected chi connectivity index (χ4v) is 3.08. The maximum atomic E-state index is 12.2. The van der Waals surface area contributed by atoms with Crippen LogP contribution in [-0.2, 0) is 0 Å². The van der Waals surface area contributed by atoms with Crippen LogP contribution in [-0.4, -0.2) is 30.7 Å². The van der Waals surface area contributed by atoms with Gasteiger partial charge in [-0.05, 0) is 37.0 Å². The fraction of sp³-hybridized carbons (Fsp3) is 0.556. The molecule has 1 aliphatic carbocycles. The number of carbonyl (C=O) groups is 2. The van der Waals surface area contributed by atoms with Gasteiger partial charge in [0.25, 0.3) is 0 Å². The van der Waals surface area contributed by atoms with Crippen LogP contribution in [0.4, 0.5) is 15.3 Å². The maximum Gasteiger partial charge on any atom is 0.319 e. The van der Waals surface area contributed by atoms with Crippen molar-refractivity contribution in [3.63, 3.8) is 0 Å². The third kappa shape index (κ3) is 6.82. The van der Waals surface area contributed by atoms with E-state index in [-0.39, 0.29) is 24.1 Å². The molecule has 0 saturated heterocycles. The molecule has 0 aliphatic heterocycles. The molecule has 2 unspecified atom stereocenters. The Hall–Kier alpha value is -1.95. The first-order valence-corrected chi connectivity index (χ1v) is 9.19. The first-order valence-electron chi connectivity index (χ1n) is 8.81. The molecule has 2 rings (SSSR count). The van der Waals surface area contributed by atoms with Crippen molar-refractivity contribution in [2.75, 3.05) is 11.9 Å². The maximum absolute atomic E-state index is 12.2. The van der Waals surface area contributed by atoms with Crippen molar-refractivity contribution in [3.05, 3.63) is 29.3 Å². The van der Waals surface area contributed by atoms with Gasteiger partial charge in [-0.3, -0.25) is 0 Å². The molecule has 1 aromatic rings. The average molecular weight is 367 g/mol. The van der Waals surface area contributed by atoms with Crippen molar-refractivity contribution in [2.45, 2.75) is 51.6 Å². The molecule has 0 spiro atoms. The number of urea groups is 2. The molecule has 138 valence electrons. The summed E-state index contributed by atoms with van der Waals surface area (Å²) in [6.45, 7) is 4.72. The summed E-state index contributed by atoms with van der Waals surface area (Å²) in [6, 6.07) is 6.39. The predicted molar refractivity (Wildman–Crippen MR) is 101 cm³/mol. The second-order valence-electron chi connectivity index (χ2n) is 6.85. The van der Waals surface area contributed by atoms with Crippen LogP contribution < -0.4 is 21.3 Å². The van der Waals surface area contributed by atoms with Crippen molar-refractivity contribution in [1.82, 2.24) is 16.0 Å². The highest BCUT2D eigenvalue weighted by atomic mass is 35.5. The molecule has 6 nitrogen and oxygen atoms in total. The Balaban J connectivity index is 1.86. The third-order valence-corrected chi connectivity index (χ3v) is 4.39. The van der Waals surface area contributed by atoms with E-state index in [9.17, 15) is 9.59 Å². The lowest BCUT2D eigenvalue weighted by Crippen LogP contribution is -2.56. The number of anilines is 1. The van der Waals surface area contributed by atoms with Crippen LogP contribution in [0.15, 0.2) is 24.3 Å². The van der Waals surface area contributed by atoms with Gasteiger partial charge in [-0.2, -0.15) is 0 Å². The number of rotatable bonds is 5. The lowest BCUT2D eigenvalue weighted by atomic mass is 9.90. The molecule has 0 heterocycles. The van der Waals surface area contributed by atoms with Crippen molar-refractivity contribution < 1.29 is 9.59 Å². The minimum absolute atomic E-state index is 0.0639. The normalized spacial score (nSPS) is 20.0. The molecule has 4 N–H and O–H groups in total. The molecule has 7 heteroatoms. The minimum Gasteiger partial charge on any atom is -0.338 e. The summed E-state index contributed by atoms with van der Waals surface area (Å²) in [5, 5.41) is 12.2.